The fourth-order valence-electron chi connectivity index (χ4n) is 3.12. The highest BCUT2D eigenvalue weighted by Gasteiger charge is 2.12. The molecule has 0 bridgehead atoms. The summed E-state index contributed by atoms with van der Waals surface area (Å²) in [6.45, 7) is 7.10. The van der Waals surface area contributed by atoms with Crippen molar-refractivity contribution in [1.82, 2.24) is 9.78 Å². The standard InChI is InChI=1S/C24H24FN3O3/c1-15-5-6-16(2)22(13-15)26-23(29)14-31-24(30)12-11-21-17(3)27-28(18(21)4)20-9-7-19(25)8-10-20/h5-13H,14H2,1-4H3,(H,26,29). The molecule has 160 valence electrons. The highest BCUT2D eigenvalue weighted by Crippen LogP contribution is 2.20. The fourth-order valence-corrected chi connectivity index (χ4v) is 3.12. The lowest BCUT2D eigenvalue weighted by atomic mass is 10.1. The van der Waals surface area contributed by atoms with E-state index in [1.54, 1.807) is 22.9 Å². The molecule has 1 N–H and O–H groups in total. The number of amides is 1. The molecule has 3 rings (SSSR count). The van der Waals surface area contributed by atoms with E-state index in [4.69, 9.17) is 4.74 Å². The van der Waals surface area contributed by atoms with Crippen molar-refractivity contribution in [1.29, 1.82) is 0 Å². The van der Waals surface area contributed by atoms with E-state index < -0.39 is 11.9 Å². The van der Waals surface area contributed by atoms with E-state index >= 15 is 0 Å². The number of esters is 1. The number of hydrogen-bond acceptors (Lipinski definition) is 4. The highest BCUT2D eigenvalue weighted by atomic mass is 19.1. The number of aryl methyl sites for hydroxylation is 3. The average Bonchev–Trinajstić information content (AvgIpc) is 3.01. The molecule has 3 aromatic rings. The van der Waals surface area contributed by atoms with E-state index in [1.807, 2.05) is 45.9 Å². The molecule has 0 fully saturated rings. The van der Waals surface area contributed by atoms with Gasteiger partial charge < -0.3 is 10.1 Å². The Balaban J connectivity index is 1.62. The number of nitrogens with one attached hydrogen (secondary N) is 1. The van der Waals surface area contributed by atoms with Crippen molar-refractivity contribution in [2.45, 2.75) is 27.7 Å². The third-order valence-electron chi connectivity index (χ3n) is 4.82. The quantitative estimate of drug-likeness (QED) is 0.472. The Hall–Kier alpha value is -3.74. The smallest absolute Gasteiger partial charge is 0.331 e. The topological polar surface area (TPSA) is 73.2 Å². The van der Waals surface area contributed by atoms with Gasteiger partial charge in [-0.25, -0.2) is 13.9 Å². The van der Waals surface area contributed by atoms with Gasteiger partial charge in [-0.2, -0.15) is 5.10 Å². The van der Waals surface area contributed by atoms with Gasteiger partial charge in [-0.3, -0.25) is 4.79 Å². The predicted molar refractivity (Wildman–Crippen MR) is 118 cm³/mol. The van der Waals surface area contributed by atoms with Gasteiger partial charge in [-0.05, 0) is 75.2 Å². The monoisotopic (exact) mass is 421 g/mol. The molecule has 0 unspecified atom stereocenters. The number of anilines is 1. The number of benzene rings is 2. The van der Waals surface area contributed by atoms with Crippen LogP contribution in [0.1, 0.15) is 28.1 Å². The molecular weight excluding hydrogens is 397 g/mol. The summed E-state index contributed by atoms with van der Waals surface area (Å²) in [5.41, 5.74) is 5.60. The maximum Gasteiger partial charge on any atom is 0.331 e. The molecule has 2 aromatic carbocycles. The van der Waals surface area contributed by atoms with E-state index in [1.165, 1.54) is 18.2 Å². The van der Waals surface area contributed by atoms with E-state index in [-0.39, 0.29) is 12.4 Å². The number of rotatable bonds is 6. The fraction of sp³-hybridized carbons (Fsp3) is 0.208. The molecule has 0 spiro atoms. The van der Waals surface area contributed by atoms with Crippen molar-refractivity contribution in [3.63, 3.8) is 0 Å². The second-order valence-corrected chi connectivity index (χ2v) is 7.28. The summed E-state index contributed by atoms with van der Waals surface area (Å²) >= 11 is 0. The van der Waals surface area contributed by atoms with Crippen LogP contribution in [0, 0.1) is 33.5 Å². The van der Waals surface area contributed by atoms with Crippen LogP contribution in [0.3, 0.4) is 0 Å². The lowest BCUT2D eigenvalue weighted by Crippen LogP contribution is -2.20. The van der Waals surface area contributed by atoms with Gasteiger partial charge in [0.2, 0.25) is 0 Å². The molecule has 0 aliphatic heterocycles. The Morgan fingerprint density at radius 1 is 1.10 bits per heavy atom. The molecule has 6 nitrogen and oxygen atoms in total. The zero-order chi connectivity index (χ0) is 22.5. The van der Waals surface area contributed by atoms with Crippen LogP contribution in [0.25, 0.3) is 11.8 Å². The normalized spacial score (nSPS) is 11.0. The van der Waals surface area contributed by atoms with E-state index in [9.17, 15) is 14.0 Å². The zero-order valence-corrected chi connectivity index (χ0v) is 17.9. The van der Waals surface area contributed by atoms with Gasteiger partial charge in [-0.15, -0.1) is 0 Å². The Labute approximate surface area is 180 Å². The maximum absolute atomic E-state index is 13.2. The van der Waals surface area contributed by atoms with Gasteiger partial charge in [0.1, 0.15) is 5.82 Å². The van der Waals surface area contributed by atoms with Gasteiger partial charge in [0, 0.05) is 23.0 Å². The van der Waals surface area contributed by atoms with Crippen molar-refractivity contribution in [2.75, 3.05) is 11.9 Å². The summed E-state index contributed by atoms with van der Waals surface area (Å²) in [6.07, 6.45) is 2.86. The summed E-state index contributed by atoms with van der Waals surface area (Å²) in [4.78, 5) is 24.2. The number of carbonyl (C=O) groups excluding carboxylic acids is 2. The van der Waals surface area contributed by atoms with Crippen LogP contribution in [-0.2, 0) is 14.3 Å². The third-order valence-corrected chi connectivity index (χ3v) is 4.82. The van der Waals surface area contributed by atoms with Gasteiger partial charge in [-0.1, -0.05) is 12.1 Å². The van der Waals surface area contributed by atoms with Crippen molar-refractivity contribution >= 4 is 23.6 Å². The SMILES string of the molecule is Cc1ccc(C)c(NC(=O)COC(=O)C=Cc2c(C)nn(-c3ccc(F)cc3)c2C)c1. The van der Waals surface area contributed by atoms with Crippen molar-refractivity contribution in [2.24, 2.45) is 0 Å². The lowest BCUT2D eigenvalue weighted by molar-refractivity contribution is -0.142. The van der Waals surface area contributed by atoms with Crippen molar-refractivity contribution in [3.05, 3.63) is 82.4 Å². The van der Waals surface area contributed by atoms with Gasteiger partial charge in [0.25, 0.3) is 5.91 Å². The number of halogens is 1. The van der Waals surface area contributed by atoms with E-state index in [2.05, 4.69) is 10.4 Å². The van der Waals surface area contributed by atoms with Crippen LogP contribution in [0.4, 0.5) is 10.1 Å². The minimum atomic E-state index is -0.635. The number of nitrogens with zero attached hydrogens (tertiary/aromatic N) is 2. The molecule has 31 heavy (non-hydrogen) atoms. The van der Waals surface area contributed by atoms with E-state index in [0.29, 0.717) is 17.1 Å². The number of aromatic nitrogens is 2. The Kier molecular flexibility index (Phi) is 6.65. The molecule has 1 amide bonds. The molecule has 1 aromatic heterocycles. The first kappa shape index (κ1) is 22.0. The Morgan fingerprint density at radius 2 is 1.81 bits per heavy atom. The molecule has 0 aliphatic rings. The summed E-state index contributed by atoms with van der Waals surface area (Å²) in [6, 6.07) is 11.7. The Bertz CT molecular complexity index is 1150. The van der Waals surface area contributed by atoms with Crippen LogP contribution in [0.2, 0.25) is 0 Å². The summed E-state index contributed by atoms with van der Waals surface area (Å²) < 4.78 is 19.9. The van der Waals surface area contributed by atoms with Gasteiger partial charge in [0.15, 0.2) is 6.61 Å². The van der Waals surface area contributed by atoms with Crippen LogP contribution in [0.15, 0.2) is 48.5 Å². The molecule has 0 aliphatic carbocycles. The average molecular weight is 421 g/mol. The highest BCUT2D eigenvalue weighted by molar-refractivity contribution is 5.95. The number of hydrogen-bond donors (Lipinski definition) is 1. The summed E-state index contributed by atoms with van der Waals surface area (Å²) in [7, 11) is 0. The summed E-state index contributed by atoms with van der Waals surface area (Å²) in [5.74, 6) is -1.37. The van der Waals surface area contributed by atoms with Crippen LogP contribution >= 0.6 is 0 Å². The largest absolute Gasteiger partial charge is 0.452 e. The molecule has 0 saturated heterocycles. The first-order chi connectivity index (χ1) is 14.7. The molecule has 1 heterocycles. The third kappa shape index (κ3) is 5.45. The van der Waals surface area contributed by atoms with Crippen LogP contribution in [0.5, 0.6) is 0 Å². The predicted octanol–water partition coefficient (Wildman–Crippen LogP) is 4.44. The van der Waals surface area contributed by atoms with Gasteiger partial charge >= 0.3 is 5.97 Å². The second kappa shape index (κ2) is 9.38. The van der Waals surface area contributed by atoms with Crippen molar-refractivity contribution < 1.29 is 18.7 Å². The lowest BCUT2D eigenvalue weighted by Gasteiger charge is -2.09. The first-order valence-electron chi connectivity index (χ1n) is 9.78. The minimum absolute atomic E-state index is 0.324. The minimum Gasteiger partial charge on any atom is -0.452 e. The number of carbonyl (C=O) groups is 2. The second-order valence-electron chi connectivity index (χ2n) is 7.28. The van der Waals surface area contributed by atoms with E-state index in [0.717, 1.165) is 22.4 Å². The zero-order valence-electron chi connectivity index (χ0n) is 17.9. The maximum atomic E-state index is 13.2. The summed E-state index contributed by atoms with van der Waals surface area (Å²) in [5, 5.41) is 7.19. The number of ether oxygens (including phenoxy) is 1. The molecule has 0 atom stereocenters. The van der Waals surface area contributed by atoms with Gasteiger partial charge in [0.05, 0.1) is 11.4 Å². The Morgan fingerprint density at radius 3 is 2.52 bits per heavy atom. The van der Waals surface area contributed by atoms with Crippen LogP contribution < -0.4 is 5.32 Å². The molecule has 0 saturated carbocycles. The molecule has 7 heteroatoms. The van der Waals surface area contributed by atoms with Crippen molar-refractivity contribution in [3.8, 4) is 5.69 Å². The van der Waals surface area contributed by atoms with Crippen LogP contribution in [-0.4, -0.2) is 28.3 Å². The molecule has 0 radical (unpaired) electrons. The molecular formula is C24H24FN3O3. The first-order valence-corrected chi connectivity index (χ1v) is 9.78.